The first-order valence-electron chi connectivity index (χ1n) is 9.05. The first-order valence-corrected chi connectivity index (χ1v) is 9.05. The van der Waals surface area contributed by atoms with Gasteiger partial charge in [0.25, 0.3) is 0 Å². The van der Waals surface area contributed by atoms with Gasteiger partial charge in [0.2, 0.25) is 5.91 Å². The van der Waals surface area contributed by atoms with Crippen molar-refractivity contribution in [3.8, 4) is 6.07 Å². The summed E-state index contributed by atoms with van der Waals surface area (Å²) >= 11 is 0. The van der Waals surface area contributed by atoms with Crippen LogP contribution in [0.1, 0.15) is 31.9 Å². The van der Waals surface area contributed by atoms with E-state index in [0.717, 1.165) is 45.0 Å². The van der Waals surface area contributed by atoms with Crippen molar-refractivity contribution >= 4 is 5.91 Å². The predicted octanol–water partition coefficient (Wildman–Crippen LogP) is 2.01. The third-order valence-corrected chi connectivity index (χ3v) is 5.62. The number of carbonyl (C=O) groups is 1. The van der Waals surface area contributed by atoms with E-state index >= 15 is 0 Å². The van der Waals surface area contributed by atoms with Gasteiger partial charge in [0.05, 0.1) is 30.3 Å². The summed E-state index contributed by atoms with van der Waals surface area (Å²) in [6, 6.07) is 9.97. The van der Waals surface area contributed by atoms with E-state index in [1.54, 1.807) is 6.07 Å². The topological polar surface area (TPSA) is 56.6 Å². The quantitative estimate of drug-likeness (QED) is 0.844. The van der Waals surface area contributed by atoms with Crippen molar-refractivity contribution in [1.29, 1.82) is 5.26 Å². The molecule has 0 saturated carbocycles. The fourth-order valence-electron chi connectivity index (χ4n) is 4.00. The SMILES string of the molecule is C[C@H]1CN(C(=O)C(C)(C)c2cccc(C#N)c2)C[C@H]1N1CCOCC1. The maximum absolute atomic E-state index is 13.2. The summed E-state index contributed by atoms with van der Waals surface area (Å²) in [5.41, 5.74) is 0.866. The Morgan fingerprint density at radius 3 is 2.68 bits per heavy atom. The average Bonchev–Trinajstić information content (AvgIpc) is 3.03. The highest BCUT2D eigenvalue weighted by Crippen LogP contribution is 2.31. The molecule has 1 aromatic carbocycles. The van der Waals surface area contributed by atoms with Gasteiger partial charge in [-0.1, -0.05) is 19.1 Å². The minimum Gasteiger partial charge on any atom is -0.379 e. The smallest absolute Gasteiger partial charge is 0.232 e. The van der Waals surface area contributed by atoms with Crippen LogP contribution in [-0.4, -0.2) is 61.1 Å². The number of benzene rings is 1. The summed E-state index contributed by atoms with van der Waals surface area (Å²) in [7, 11) is 0. The molecule has 0 spiro atoms. The van der Waals surface area contributed by atoms with Crippen LogP contribution in [0.2, 0.25) is 0 Å². The van der Waals surface area contributed by atoms with E-state index in [1.165, 1.54) is 0 Å². The van der Waals surface area contributed by atoms with E-state index in [9.17, 15) is 4.79 Å². The van der Waals surface area contributed by atoms with E-state index in [4.69, 9.17) is 10.00 Å². The molecule has 0 unspecified atom stereocenters. The van der Waals surface area contributed by atoms with E-state index in [-0.39, 0.29) is 5.91 Å². The van der Waals surface area contributed by atoms with Gasteiger partial charge >= 0.3 is 0 Å². The van der Waals surface area contributed by atoms with Crippen molar-refractivity contribution in [2.45, 2.75) is 32.2 Å². The zero-order chi connectivity index (χ0) is 18.0. The van der Waals surface area contributed by atoms with Gasteiger partial charge in [-0.3, -0.25) is 9.69 Å². The number of morpholine rings is 1. The molecule has 2 fully saturated rings. The van der Waals surface area contributed by atoms with Crippen molar-refractivity contribution in [2.24, 2.45) is 5.92 Å². The van der Waals surface area contributed by atoms with Crippen LogP contribution in [0.3, 0.4) is 0 Å². The number of hydrogen-bond donors (Lipinski definition) is 0. The fourth-order valence-corrected chi connectivity index (χ4v) is 4.00. The number of nitriles is 1. The monoisotopic (exact) mass is 341 g/mol. The molecule has 2 aliphatic rings. The Bertz CT molecular complexity index is 674. The number of nitrogens with zero attached hydrogens (tertiary/aromatic N) is 3. The van der Waals surface area contributed by atoms with E-state index in [0.29, 0.717) is 17.5 Å². The van der Waals surface area contributed by atoms with Crippen molar-refractivity contribution in [2.75, 3.05) is 39.4 Å². The third-order valence-electron chi connectivity index (χ3n) is 5.62. The minimum absolute atomic E-state index is 0.144. The van der Waals surface area contributed by atoms with Gasteiger partial charge in [-0.15, -0.1) is 0 Å². The molecule has 0 radical (unpaired) electrons. The van der Waals surface area contributed by atoms with Crippen molar-refractivity contribution in [3.63, 3.8) is 0 Å². The van der Waals surface area contributed by atoms with Crippen molar-refractivity contribution in [3.05, 3.63) is 35.4 Å². The van der Waals surface area contributed by atoms with Crippen LogP contribution in [0.4, 0.5) is 0 Å². The molecule has 5 nitrogen and oxygen atoms in total. The largest absolute Gasteiger partial charge is 0.379 e. The summed E-state index contributed by atoms with van der Waals surface area (Å²) in [6.45, 7) is 11.2. The normalized spacial score (nSPS) is 25.0. The van der Waals surface area contributed by atoms with Crippen molar-refractivity contribution < 1.29 is 9.53 Å². The van der Waals surface area contributed by atoms with Crippen LogP contribution in [0, 0.1) is 17.2 Å². The molecular formula is C20H27N3O2. The standard InChI is InChI=1S/C20H27N3O2/c1-15-13-23(14-18(15)22-7-9-25-10-8-22)19(24)20(2,3)17-6-4-5-16(11-17)12-21/h4-6,11,15,18H,7-10,13-14H2,1-3H3/t15-,18+/m0/s1. The number of likely N-dealkylation sites (tertiary alicyclic amines) is 1. The Morgan fingerprint density at radius 2 is 2.00 bits per heavy atom. The molecule has 2 heterocycles. The second-order valence-corrected chi connectivity index (χ2v) is 7.72. The van der Waals surface area contributed by atoms with Gasteiger partial charge in [0, 0.05) is 32.2 Å². The Morgan fingerprint density at radius 1 is 1.28 bits per heavy atom. The maximum atomic E-state index is 13.2. The highest BCUT2D eigenvalue weighted by atomic mass is 16.5. The van der Waals surface area contributed by atoms with Crippen LogP contribution < -0.4 is 0 Å². The van der Waals surface area contributed by atoms with Gasteiger partial charge in [-0.2, -0.15) is 5.26 Å². The van der Waals surface area contributed by atoms with E-state index in [1.807, 2.05) is 36.9 Å². The molecule has 2 aliphatic heterocycles. The molecule has 0 N–H and O–H groups in total. The Kier molecular flexibility index (Phi) is 5.12. The molecular weight excluding hydrogens is 314 g/mol. The van der Waals surface area contributed by atoms with Crippen LogP contribution in [-0.2, 0) is 14.9 Å². The molecule has 25 heavy (non-hydrogen) atoms. The maximum Gasteiger partial charge on any atom is 0.232 e. The highest BCUT2D eigenvalue weighted by Gasteiger charge is 2.41. The number of carbonyl (C=O) groups excluding carboxylic acids is 1. The molecule has 3 rings (SSSR count). The second kappa shape index (κ2) is 7.15. The lowest BCUT2D eigenvalue weighted by Gasteiger charge is -2.34. The second-order valence-electron chi connectivity index (χ2n) is 7.72. The molecule has 2 atom stereocenters. The summed E-state index contributed by atoms with van der Waals surface area (Å²) in [4.78, 5) is 17.7. The van der Waals surface area contributed by atoms with Crippen LogP contribution in [0.25, 0.3) is 0 Å². The highest BCUT2D eigenvalue weighted by molar-refractivity contribution is 5.87. The first kappa shape index (κ1) is 17.9. The summed E-state index contributed by atoms with van der Waals surface area (Å²) in [6.07, 6.45) is 0. The number of amides is 1. The molecule has 0 aliphatic carbocycles. The lowest BCUT2D eigenvalue weighted by atomic mass is 9.82. The van der Waals surface area contributed by atoms with Crippen LogP contribution in [0.5, 0.6) is 0 Å². The molecule has 134 valence electrons. The lowest BCUT2D eigenvalue weighted by Crippen LogP contribution is -2.48. The van der Waals surface area contributed by atoms with Gasteiger partial charge < -0.3 is 9.64 Å². The Balaban J connectivity index is 1.74. The molecule has 2 saturated heterocycles. The lowest BCUT2D eigenvalue weighted by molar-refractivity contribution is -0.135. The first-order chi connectivity index (χ1) is 11.9. The van der Waals surface area contributed by atoms with Crippen LogP contribution in [0.15, 0.2) is 24.3 Å². The summed E-state index contributed by atoms with van der Waals surface area (Å²) in [5, 5.41) is 9.13. The van der Waals surface area contributed by atoms with Gasteiger partial charge in [-0.05, 0) is 37.5 Å². The fraction of sp³-hybridized carbons (Fsp3) is 0.600. The van der Waals surface area contributed by atoms with Gasteiger partial charge in [-0.25, -0.2) is 0 Å². The van der Waals surface area contributed by atoms with E-state index < -0.39 is 5.41 Å². The average molecular weight is 341 g/mol. The predicted molar refractivity (Wildman–Crippen MR) is 96.1 cm³/mol. The summed E-state index contributed by atoms with van der Waals surface area (Å²) < 4.78 is 5.45. The molecule has 0 aromatic heterocycles. The van der Waals surface area contributed by atoms with E-state index in [2.05, 4.69) is 17.9 Å². The number of rotatable bonds is 3. The van der Waals surface area contributed by atoms with Crippen LogP contribution >= 0.6 is 0 Å². The minimum atomic E-state index is -0.632. The molecule has 0 bridgehead atoms. The Hall–Kier alpha value is -1.90. The zero-order valence-corrected chi connectivity index (χ0v) is 15.4. The molecule has 5 heteroatoms. The summed E-state index contributed by atoms with van der Waals surface area (Å²) in [5.74, 6) is 0.605. The Labute approximate surface area is 150 Å². The number of ether oxygens (including phenoxy) is 1. The van der Waals surface area contributed by atoms with Gasteiger partial charge in [0.15, 0.2) is 0 Å². The van der Waals surface area contributed by atoms with Gasteiger partial charge in [0.1, 0.15) is 0 Å². The zero-order valence-electron chi connectivity index (χ0n) is 15.4. The third kappa shape index (κ3) is 3.56. The molecule has 1 aromatic rings. The van der Waals surface area contributed by atoms with Crippen molar-refractivity contribution in [1.82, 2.24) is 9.80 Å². The molecule has 1 amide bonds. The number of hydrogen-bond acceptors (Lipinski definition) is 4.